The fourth-order valence-electron chi connectivity index (χ4n) is 8.10. The molecule has 0 fully saturated rings. The van der Waals surface area contributed by atoms with Gasteiger partial charge >= 0.3 is 0 Å². The van der Waals surface area contributed by atoms with Gasteiger partial charge in [0.05, 0.1) is 11.0 Å². The molecule has 0 atom stereocenters. The summed E-state index contributed by atoms with van der Waals surface area (Å²) in [6, 6.07) is 60.0. The Kier molecular flexibility index (Phi) is 5.05. The fourth-order valence-corrected chi connectivity index (χ4v) is 13.4. The van der Waals surface area contributed by atoms with Crippen LogP contribution in [0.2, 0.25) is 0 Å². The Bertz CT molecular complexity index is 2510. The van der Waals surface area contributed by atoms with Gasteiger partial charge in [0, 0.05) is 27.2 Å². The van der Waals surface area contributed by atoms with Crippen LogP contribution in [0.1, 0.15) is 0 Å². The average molecular weight is 590 g/mol. The van der Waals surface area contributed by atoms with Gasteiger partial charge in [-0.15, -0.1) is 0 Å². The Morgan fingerprint density at radius 2 is 0.978 bits per heavy atom. The zero-order valence-corrected chi connectivity index (χ0v) is 25.4. The maximum Gasteiger partial charge on any atom is 0.185 e. The van der Waals surface area contributed by atoms with E-state index in [2.05, 4.69) is 168 Å². The summed E-state index contributed by atoms with van der Waals surface area (Å²) < 4.78 is 9.33. The molecular weight excluding hydrogens is 563 g/mol. The van der Waals surface area contributed by atoms with Gasteiger partial charge in [0.15, 0.2) is 8.07 Å². The number of nitrogens with zero attached hydrogens (tertiary/aromatic N) is 1. The molecule has 2 nitrogen and oxygen atoms in total. The first-order valence-electron chi connectivity index (χ1n) is 15.5. The number of hydrogen-bond donors (Lipinski definition) is 0. The zero-order chi connectivity index (χ0) is 29.5. The molecule has 210 valence electrons. The van der Waals surface area contributed by atoms with Crippen LogP contribution in [0.25, 0.3) is 60.6 Å². The second-order valence-corrected chi connectivity index (χ2v) is 15.7. The fraction of sp³-hybridized carbons (Fsp3) is 0. The van der Waals surface area contributed by atoms with E-state index in [0.717, 1.165) is 27.6 Å². The molecule has 0 bridgehead atoms. The summed E-state index contributed by atoms with van der Waals surface area (Å²) in [4.78, 5) is 0. The van der Waals surface area contributed by atoms with Crippen molar-refractivity contribution in [2.24, 2.45) is 0 Å². The van der Waals surface area contributed by atoms with Crippen molar-refractivity contribution in [3.63, 3.8) is 0 Å². The second kappa shape index (κ2) is 9.18. The lowest BCUT2D eigenvalue weighted by atomic mass is 10.1. The predicted octanol–water partition coefficient (Wildman–Crippen LogP) is 8.04. The minimum absolute atomic E-state index is 0.916. The Labute approximate surface area is 261 Å². The van der Waals surface area contributed by atoms with Crippen molar-refractivity contribution >= 4 is 72.6 Å². The summed E-state index contributed by atoms with van der Waals surface area (Å²) in [5.41, 5.74) is 8.14. The summed E-state index contributed by atoms with van der Waals surface area (Å²) in [7, 11) is -2.69. The average Bonchev–Trinajstić information content (AvgIpc) is 3.75. The van der Waals surface area contributed by atoms with Crippen LogP contribution in [-0.2, 0) is 0 Å². The lowest BCUT2D eigenvalue weighted by Gasteiger charge is -2.31. The van der Waals surface area contributed by atoms with Crippen LogP contribution in [0, 0.1) is 0 Å². The van der Waals surface area contributed by atoms with E-state index in [0.29, 0.717) is 0 Å². The van der Waals surface area contributed by atoms with Crippen LogP contribution in [0.4, 0.5) is 0 Å². The van der Waals surface area contributed by atoms with Crippen molar-refractivity contribution in [1.29, 1.82) is 0 Å². The van der Waals surface area contributed by atoms with Crippen molar-refractivity contribution in [3.05, 3.63) is 164 Å². The second-order valence-electron chi connectivity index (χ2n) is 12.0. The van der Waals surface area contributed by atoms with Crippen molar-refractivity contribution < 1.29 is 4.42 Å². The van der Waals surface area contributed by atoms with Gasteiger partial charge in [0.2, 0.25) is 0 Å². The van der Waals surface area contributed by atoms with Crippen LogP contribution < -0.4 is 20.7 Å². The van der Waals surface area contributed by atoms with Gasteiger partial charge in [-0.05, 0) is 62.2 Å². The van der Waals surface area contributed by atoms with Gasteiger partial charge in [-0.1, -0.05) is 133 Å². The van der Waals surface area contributed by atoms with E-state index < -0.39 is 8.07 Å². The third-order valence-corrected chi connectivity index (χ3v) is 14.8. The zero-order valence-electron chi connectivity index (χ0n) is 24.4. The number of para-hydroxylation sites is 3. The molecule has 0 spiro atoms. The first-order chi connectivity index (χ1) is 22.3. The minimum atomic E-state index is -2.69. The highest BCUT2D eigenvalue weighted by atomic mass is 28.3. The largest absolute Gasteiger partial charge is 0.456 e. The van der Waals surface area contributed by atoms with E-state index in [-0.39, 0.29) is 0 Å². The molecule has 0 saturated carbocycles. The van der Waals surface area contributed by atoms with Crippen molar-refractivity contribution in [2.75, 3.05) is 0 Å². The van der Waals surface area contributed by atoms with Crippen molar-refractivity contribution in [1.82, 2.24) is 4.57 Å². The molecule has 3 heteroatoms. The summed E-state index contributed by atoms with van der Waals surface area (Å²) in [5, 5.41) is 10.4. The molecule has 45 heavy (non-hydrogen) atoms. The number of furan rings is 1. The summed E-state index contributed by atoms with van der Waals surface area (Å²) >= 11 is 0. The molecular formula is C42H27NOSi. The van der Waals surface area contributed by atoms with E-state index in [4.69, 9.17) is 4.42 Å². The van der Waals surface area contributed by atoms with E-state index >= 15 is 0 Å². The third kappa shape index (κ3) is 3.23. The lowest BCUT2D eigenvalue weighted by molar-refractivity contribution is 0.671. The third-order valence-electron chi connectivity index (χ3n) is 9.88. The highest BCUT2D eigenvalue weighted by Crippen LogP contribution is 2.36. The van der Waals surface area contributed by atoms with Crippen LogP contribution >= 0.6 is 0 Å². The molecule has 0 saturated heterocycles. The standard InChI is InChI=1S/C42H27NOSi/c1-2-13-29(14-3-1)45(39-22-10-6-17-32(39)33-18-7-11-23-40(33)45)41-24-12-19-34-35-27-28(25-26-38(35)44-42(34)41)43-36-20-8-4-15-30(36)31-16-5-9-21-37(31)43/h1-27H. The van der Waals surface area contributed by atoms with Crippen LogP contribution in [0.15, 0.2) is 168 Å². The maximum absolute atomic E-state index is 6.95. The highest BCUT2D eigenvalue weighted by molar-refractivity contribution is 7.23. The normalized spacial score (nSPS) is 13.5. The number of benzene rings is 7. The molecule has 1 aliphatic rings. The molecule has 0 radical (unpaired) electrons. The predicted molar refractivity (Wildman–Crippen MR) is 191 cm³/mol. The summed E-state index contributed by atoms with van der Waals surface area (Å²) in [6.07, 6.45) is 0. The Balaban J connectivity index is 1.29. The molecule has 9 aromatic rings. The number of hydrogen-bond acceptors (Lipinski definition) is 1. The molecule has 2 aromatic heterocycles. The monoisotopic (exact) mass is 589 g/mol. The molecule has 0 N–H and O–H groups in total. The molecule has 10 rings (SSSR count). The number of rotatable bonds is 3. The molecule has 0 aliphatic carbocycles. The topological polar surface area (TPSA) is 18.1 Å². The molecule has 0 unspecified atom stereocenters. The minimum Gasteiger partial charge on any atom is -0.456 e. The van der Waals surface area contributed by atoms with Crippen LogP contribution in [-0.4, -0.2) is 12.6 Å². The van der Waals surface area contributed by atoms with Gasteiger partial charge in [0.1, 0.15) is 11.2 Å². The maximum atomic E-state index is 6.95. The van der Waals surface area contributed by atoms with E-state index in [1.165, 1.54) is 53.7 Å². The molecule has 3 heterocycles. The summed E-state index contributed by atoms with van der Waals surface area (Å²) in [6.45, 7) is 0. The van der Waals surface area contributed by atoms with E-state index in [1.807, 2.05) is 0 Å². The van der Waals surface area contributed by atoms with Crippen molar-refractivity contribution in [2.45, 2.75) is 0 Å². The van der Waals surface area contributed by atoms with Gasteiger partial charge < -0.3 is 8.98 Å². The highest BCUT2D eigenvalue weighted by Gasteiger charge is 2.49. The van der Waals surface area contributed by atoms with Crippen LogP contribution in [0.3, 0.4) is 0 Å². The van der Waals surface area contributed by atoms with E-state index in [1.54, 1.807) is 0 Å². The quantitative estimate of drug-likeness (QED) is 0.191. The smallest absolute Gasteiger partial charge is 0.185 e. The first kappa shape index (κ1) is 24.8. The first-order valence-corrected chi connectivity index (χ1v) is 17.5. The van der Waals surface area contributed by atoms with Crippen molar-refractivity contribution in [3.8, 4) is 16.8 Å². The molecule has 0 amide bonds. The SMILES string of the molecule is c1ccc([Si]2(c3cccc4c3oc3ccc(-n5c6ccccc6c6ccccc65)cc34)c3ccccc3-c3ccccc32)cc1. The molecule has 7 aromatic carbocycles. The van der Waals surface area contributed by atoms with Gasteiger partial charge in [-0.3, -0.25) is 0 Å². The van der Waals surface area contributed by atoms with Gasteiger partial charge in [0.25, 0.3) is 0 Å². The van der Waals surface area contributed by atoms with Gasteiger partial charge in [-0.2, -0.15) is 0 Å². The summed E-state index contributed by atoms with van der Waals surface area (Å²) in [5.74, 6) is 0. The Hall–Kier alpha value is -5.64. The molecule has 1 aliphatic heterocycles. The lowest BCUT2D eigenvalue weighted by Crippen LogP contribution is -2.72. The number of aromatic nitrogens is 1. The number of fused-ring (bicyclic) bond motifs is 9. The van der Waals surface area contributed by atoms with Crippen LogP contribution in [0.5, 0.6) is 0 Å². The van der Waals surface area contributed by atoms with E-state index in [9.17, 15) is 0 Å². The Morgan fingerprint density at radius 1 is 0.422 bits per heavy atom. The van der Waals surface area contributed by atoms with Gasteiger partial charge in [-0.25, -0.2) is 0 Å². The Morgan fingerprint density at radius 3 is 1.67 bits per heavy atom.